The first-order chi connectivity index (χ1) is 7.79. The maximum atomic E-state index is 11.4. The predicted molar refractivity (Wildman–Crippen MR) is 53.8 cm³/mol. The molecule has 2 atom stereocenters. The zero-order valence-electron chi connectivity index (χ0n) is 8.33. The van der Waals surface area contributed by atoms with Crippen molar-refractivity contribution >= 4 is 11.2 Å². The van der Waals surface area contributed by atoms with Crippen molar-refractivity contribution in [2.24, 2.45) is 0 Å². The van der Waals surface area contributed by atoms with E-state index in [1.807, 2.05) is 0 Å². The second kappa shape index (κ2) is 3.39. The number of hydrogen-bond acceptors (Lipinski definition) is 5. The second-order valence-corrected chi connectivity index (χ2v) is 3.69. The van der Waals surface area contributed by atoms with Crippen molar-refractivity contribution in [2.45, 2.75) is 18.8 Å². The molecule has 2 unspecified atom stereocenters. The van der Waals surface area contributed by atoms with Gasteiger partial charge in [-0.25, -0.2) is 9.97 Å². The van der Waals surface area contributed by atoms with Crippen LogP contribution >= 0.6 is 0 Å². The van der Waals surface area contributed by atoms with E-state index in [1.165, 1.54) is 12.7 Å². The van der Waals surface area contributed by atoms with Crippen LogP contribution in [0.15, 0.2) is 17.4 Å². The van der Waals surface area contributed by atoms with Gasteiger partial charge < -0.3 is 14.8 Å². The van der Waals surface area contributed by atoms with Gasteiger partial charge in [0.05, 0.1) is 25.4 Å². The Morgan fingerprint density at radius 2 is 2.44 bits per heavy atom. The minimum absolute atomic E-state index is 0.0111. The van der Waals surface area contributed by atoms with Gasteiger partial charge >= 0.3 is 0 Å². The van der Waals surface area contributed by atoms with Crippen molar-refractivity contribution in [3.05, 3.63) is 23.0 Å². The first-order valence-electron chi connectivity index (χ1n) is 4.96. The van der Waals surface area contributed by atoms with E-state index in [4.69, 9.17) is 9.84 Å². The molecule has 7 heteroatoms. The molecule has 0 radical (unpaired) electrons. The summed E-state index contributed by atoms with van der Waals surface area (Å²) >= 11 is 0. The molecular formula is C9H10N4O3. The van der Waals surface area contributed by atoms with Crippen molar-refractivity contribution in [3.63, 3.8) is 0 Å². The third-order valence-electron chi connectivity index (χ3n) is 2.69. The number of nitrogens with zero attached hydrogens (tertiary/aromatic N) is 3. The largest absolute Gasteiger partial charge is 0.394 e. The summed E-state index contributed by atoms with van der Waals surface area (Å²) in [6.07, 6.45) is 3.27. The van der Waals surface area contributed by atoms with Crippen molar-refractivity contribution in [1.29, 1.82) is 0 Å². The Morgan fingerprint density at radius 1 is 1.62 bits per heavy atom. The van der Waals surface area contributed by atoms with Crippen molar-refractivity contribution < 1.29 is 9.84 Å². The summed E-state index contributed by atoms with van der Waals surface area (Å²) in [4.78, 5) is 21.9. The van der Waals surface area contributed by atoms with Gasteiger partial charge in [0.15, 0.2) is 11.2 Å². The van der Waals surface area contributed by atoms with Gasteiger partial charge in [-0.05, 0) is 0 Å². The maximum absolute atomic E-state index is 11.4. The lowest BCUT2D eigenvalue weighted by atomic mass is 10.1. The molecule has 84 valence electrons. The number of hydrogen-bond donors (Lipinski definition) is 2. The Hall–Kier alpha value is -1.73. The summed E-state index contributed by atoms with van der Waals surface area (Å²) in [5, 5.41) is 8.84. The minimum Gasteiger partial charge on any atom is -0.394 e. The van der Waals surface area contributed by atoms with Crippen LogP contribution in [0.25, 0.3) is 11.2 Å². The number of imidazole rings is 1. The molecule has 0 aliphatic carbocycles. The zero-order valence-corrected chi connectivity index (χ0v) is 8.33. The van der Waals surface area contributed by atoms with E-state index in [0.717, 1.165) is 0 Å². The van der Waals surface area contributed by atoms with Crippen molar-refractivity contribution in [1.82, 2.24) is 19.5 Å². The van der Waals surface area contributed by atoms with E-state index in [-0.39, 0.29) is 24.5 Å². The number of fused-ring (bicyclic) bond motifs is 1. The van der Waals surface area contributed by atoms with E-state index >= 15 is 0 Å². The van der Waals surface area contributed by atoms with E-state index in [9.17, 15) is 4.79 Å². The van der Waals surface area contributed by atoms with Gasteiger partial charge in [-0.15, -0.1) is 0 Å². The number of ether oxygens (including phenoxy) is 1. The molecule has 0 amide bonds. The topological polar surface area (TPSA) is 93.0 Å². The number of nitrogens with one attached hydrogen (secondary N) is 1. The third kappa shape index (κ3) is 1.25. The summed E-state index contributed by atoms with van der Waals surface area (Å²) < 4.78 is 7.11. The number of aliphatic hydroxyl groups excluding tert-OH is 1. The van der Waals surface area contributed by atoms with Gasteiger partial charge in [0.25, 0.3) is 5.56 Å². The molecule has 2 aromatic heterocycles. The van der Waals surface area contributed by atoms with E-state index in [1.54, 1.807) is 4.57 Å². The second-order valence-electron chi connectivity index (χ2n) is 3.69. The first kappa shape index (κ1) is 9.49. The molecule has 3 rings (SSSR count). The van der Waals surface area contributed by atoms with Crippen LogP contribution in [0.4, 0.5) is 0 Å². The van der Waals surface area contributed by atoms with Crippen LogP contribution in [-0.4, -0.2) is 37.3 Å². The predicted octanol–water partition coefficient (Wildman–Crippen LogP) is -0.601. The average Bonchev–Trinajstić information content (AvgIpc) is 2.62. The number of H-pyrrole nitrogens is 1. The van der Waals surface area contributed by atoms with Crippen LogP contribution < -0.4 is 5.56 Å². The quantitative estimate of drug-likeness (QED) is 0.707. The fourth-order valence-electron chi connectivity index (χ4n) is 1.81. The molecule has 7 nitrogen and oxygen atoms in total. The van der Waals surface area contributed by atoms with Gasteiger partial charge in [-0.3, -0.25) is 9.36 Å². The highest BCUT2D eigenvalue weighted by molar-refractivity contribution is 5.68. The van der Waals surface area contributed by atoms with Gasteiger partial charge in [0.1, 0.15) is 6.23 Å². The fraction of sp³-hybridized carbons (Fsp3) is 0.444. The van der Waals surface area contributed by atoms with Crippen molar-refractivity contribution in [2.75, 3.05) is 6.61 Å². The average molecular weight is 222 g/mol. The molecule has 0 saturated carbocycles. The zero-order chi connectivity index (χ0) is 11.1. The van der Waals surface area contributed by atoms with Crippen LogP contribution in [0.2, 0.25) is 0 Å². The lowest BCUT2D eigenvalue weighted by molar-refractivity contribution is -0.178. The Balaban J connectivity index is 2.00. The molecule has 0 spiro atoms. The molecule has 2 N–H and O–H groups in total. The SMILES string of the molecule is O=c1[nH]cnc2c1ncn2C1CC(CO)O1. The summed E-state index contributed by atoms with van der Waals surface area (Å²) in [5.74, 6) is 0. The summed E-state index contributed by atoms with van der Waals surface area (Å²) in [6, 6.07) is 0. The minimum atomic E-state index is -0.262. The molecule has 2 aromatic rings. The van der Waals surface area contributed by atoms with Gasteiger partial charge in [0.2, 0.25) is 0 Å². The molecule has 1 aliphatic heterocycles. The molecule has 3 heterocycles. The third-order valence-corrected chi connectivity index (χ3v) is 2.69. The smallest absolute Gasteiger partial charge is 0.278 e. The van der Waals surface area contributed by atoms with Crippen molar-refractivity contribution in [3.8, 4) is 0 Å². The molecule has 1 saturated heterocycles. The van der Waals surface area contributed by atoms with E-state index in [2.05, 4.69) is 15.0 Å². The monoisotopic (exact) mass is 222 g/mol. The number of aromatic nitrogens is 4. The van der Waals surface area contributed by atoms with Gasteiger partial charge in [-0.1, -0.05) is 0 Å². The number of rotatable bonds is 2. The maximum Gasteiger partial charge on any atom is 0.278 e. The van der Waals surface area contributed by atoms with E-state index < -0.39 is 0 Å². The van der Waals surface area contributed by atoms with Gasteiger partial charge in [0, 0.05) is 6.42 Å². The molecule has 1 fully saturated rings. The molecule has 16 heavy (non-hydrogen) atoms. The highest BCUT2D eigenvalue weighted by Crippen LogP contribution is 2.31. The summed E-state index contributed by atoms with van der Waals surface area (Å²) in [7, 11) is 0. The lowest BCUT2D eigenvalue weighted by Gasteiger charge is -2.35. The highest BCUT2D eigenvalue weighted by Gasteiger charge is 2.32. The lowest BCUT2D eigenvalue weighted by Crippen LogP contribution is -2.37. The Bertz CT molecular complexity index is 569. The summed E-state index contributed by atoms with van der Waals surface area (Å²) in [5.41, 5.74) is 0.547. The molecular weight excluding hydrogens is 212 g/mol. The highest BCUT2D eigenvalue weighted by atomic mass is 16.5. The summed E-state index contributed by atoms with van der Waals surface area (Å²) in [6.45, 7) is 0.0111. The standard InChI is InChI=1S/C9H10N4O3/c14-2-5-1-6(16-5)13-4-12-7-8(13)10-3-11-9(7)15/h3-6,14H,1-2H2,(H,10,11,15). The van der Waals surface area contributed by atoms with Crippen LogP contribution in [0.1, 0.15) is 12.6 Å². The van der Waals surface area contributed by atoms with Crippen LogP contribution in [0, 0.1) is 0 Å². The Morgan fingerprint density at radius 3 is 3.19 bits per heavy atom. The van der Waals surface area contributed by atoms with Crippen LogP contribution in [0.3, 0.4) is 0 Å². The van der Waals surface area contributed by atoms with Crippen LogP contribution in [0.5, 0.6) is 0 Å². The molecule has 1 aliphatic rings. The molecule has 0 bridgehead atoms. The normalized spacial score (nSPS) is 24.6. The fourth-order valence-corrected chi connectivity index (χ4v) is 1.81. The van der Waals surface area contributed by atoms with Crippen LogP contribution in [-0.2, 0) is 4.74 Å². The molecule has 0 aromatic carbocycles. The van der Waals surface area contributed by atoms with Gasteiger partial charge in [-0.2, -0.15) is 0 Å². The Labute approximate surface area is 89.7 Å². The number of aliphatic hydroxyl groups is 1. The first-order valence-corrected chi connectivity index (χ1v) is 4.96. The Kier molecular flexibility index (Phi) is 2.01. The number of aromatic amines is 1. The van der Waals surface area contributed by atoms with E-state index in [0.29, 0.717) is 17.6 Å².